The van der Waals surface area contributed by atoms with Crippen molar-refractivity contribution in [3.05, 3.63) is 51.7 Å². The van der Waals surface area contributed by atoms with Crippen molar-refractivity contribution in [2.24, 2.45) is 7.05 Å². The van der Waals surface area contributed by atoms with Gasteiger partial charge in [0.1, 0.15) is 23.7 Å². The van der Waals surface area contributed by atoms with E-state index in [9.17, 15) is 14.7 Å². The first-order valence-corrected chi connectivity index (χ1v) is 10.8. The van der Waals surface area contributed by atoms with Crippen LogP contribution in [0.2, 0.25) is 0 Å². The number of hydrogen-bond donors (Lipinski definition) is 1. The quantitative estimate of drug-likeness (QED) is 0.430. The monoisotopic (exact) mass is 466 g/mol. The Balaban J connectivity index is 0.00000385. The van der Waals surface area contributed by atoms with E-state index in [2.05, 4.69) is 17.0 Å². The zero-order valence-electron chi connectivity index (χ0n) is 19.0. The van der Waals surface area contributed by atoms with Gasteiger partial charge in [0, 0.05) is 20.1 Å². The molecule has 33 heavy (non-hydrogen) atoms. The van der Waals surface area contributed by atoms with E-state index in [0.717, 1.165) is 24.1 Å². The molecule has 1 unspecified atom stereocenters. The van der Waals surface area contributed by atoms with Crippen molar-refractivity contribution in [3.8, 4) is 5.75 Å². The van der Waals surface area contributed by atoms with Crippen LogP contribution in [-0.2, 0) is 36.0 Å². The van der Waals surface area contributed by atoms with E-state index in [1.54, 1.807) is 35.4 Å². The summed E-state index contributed by atoms with van der Waals surface area (Å²) in [5, 5.41) is 13.7. The van der Waals surface area contributed by atoms with Crippen molar-refractivity contribution in [1.82, 2.24) is 19.3 Å². The van der Waals surface area contributed by atoms with Crippen LogP contribution in [0, 0.1) is 6.92 Å². The van der Waals surface area contributed by atoms with Crippen LogP contribution < -0.4 is 10.3 Å². The first kappa shape index (κ1) is 27.0. The minimum absolute atomic E-state index is 0. The summed E-state index contributed by atoms with van der Waals surface area (Å²) in [7, 11) is 1.77. The van der Waals surface area contributed by atoms with Crippen molar-refractivity contribution < 1.29 is 19.4 Å². The first-order chi connectivity index (χ1) is 15.3. The van der Waals surface area contributed by atoms with Crippen LogP contribution in [-0.4, -0.2) is 79.3 Å². The van der Waals surface area contributed by atoms with Gasteiger partial charge in [-0.05, 0) is 38.0 Å². The van der Waals surface area contributed by atoms with E-state index >= 15 is 0 Å². The van der Waals surface area contributed by atoms with E-state index in [1.165, 1.54) is 0 Å². The van der Waals surface area contributed by atoms with Crippen molar-refractivity contribution >= 4 is 46.6 Å². The molecule has 0 radical (unpaired) electrons. The number of aryl methyl sites for hydroxylation is 3. The third-order valence-corrected chi connectivity index (χ3v) is 5.26. The molecule has 1 N–H and O–H groups in total. The number of nitrogens with zero attached hydrogens (tertiary/aromatic N) is 4. The standard InChI is InChI=1S/C23H30N4O5.Na.H/c1-5-7-18-20-21(26(4)25-18)22(28)27(15(3)24-20)12-13-32-17-10-8-16(9-11-17)14-19(23(29)30)31-6-2;;/h8-11,19H,5-7,12-14H2,1-4H3,(H,29,30);;. The zero-order chi connectivity index (χ0) is 23.3. The molecule has 1 aromatic carbocycles. The summed E-state index contributed by atoms with van der Waals surface area (Å²) in [5.74, 6) is 0.291. The Kier molecular flexibility index (Phi) is 10.1. The Morgan fingerprint density at radius 3 is 2.52 bits per heavy atom. The summed E-state index contributed by atoms with van der Waals surface area (Å²) < 4.78 is 14.3. The fraction of sp³-hybridized carbons (Fsp3) is 0.478. The molecule has 0 aliphatic heterocycles. The molecule has 9 nitrogen and oxygen atoms in total. The Morgan fingerprint density at radius 1 is 1.21 bits per heavy atom. The maximum absolute atomic E-state index is 13.0. The second-order valence-electron chi connectivity index (χ2n) is 7.61. The fourth-order valence-corrected chi connectivity index (χ4v) is 3.70. The van der Waals surface area contributed by atoms with E-state index in [-0.39, 0.29) is 41.5 Å². The number of benzene rings is 1. The summed E-state index contributed by atoms with van der Waals surface area (Å²) in [6, 6.07) is 7.21. The molecule has 0 fully saturated rings. The van der Waals surface area contributed by atoms with E-state index in [4.69, 9.17) is 9.47 Å². The number of aromatic nitrogens is 4. The number of aliphatic carboxylic acids is 1. The Hall–Kier alpha value is -2.20. The van der Waals surface area contributed by atoms with Crippen LogP contribution in [0.3, 0.4) is 0 Å². The van der Waals surface area contributed by atoms with Gasteiger partial charge in [0.2, 0.25) is 0 Å². The van der Waals surface area contributed by atoms with Gasteiger partial charge in [0.25, 0.3) is 5.56 Å². The molecule has 2 aromatic heterocycles. The molecular weight excluding hydrogens is 435 g/mol. The molecular formula is C23H31N4NaO5. The van der Waals surface area contributed by atoms with E-state index < -0.39 is 12.1 Å². The van der Waals surface area contributed by atoms with Crippen molar-refractivity contribution in [2.75, 3.05) is 13.2 Å². The van der Waals surface area contributed by atoms with Gasteiger partial charge in [-0.15, -0.1) is 0 Å². The molecule has 2 heterocycles. The Morgan fingerprint density at radius 2 is 1.91 bits per heavy atom. The van der Waals surface area contributed by atoms with Gasteiger partial charge in [0.15, 0.2) is 11.6 Å². The number of rotatable bonds is 11. The molecule has 3 aromatic rings. The molecule has 1 atom stereocenters. The third kappa shape index (κ3) is 6.44. The second-order valence-corrected chi connectivity index (χ2v) is 7.61. The maximum atomic E-state index is 13.0. The number of hydrogen-bond acceptors (Lipinski definition) is 6. The van der Waals surface area contributed by atoms with Crippen LogP contribution in [0.1, 0.15) is 37.4 Å². The third-order valence-electron chi connectivity index (χ3n) is 5.26. The molecule has 0 spiro atoms. The number of carboxylic acid groups (broad SMARTS) is 1. The second kappa shape index (κ2) is 12.3. The number of carboxylic acids is 1. The predicted octanol–water partition coefficient (Wildman–Crippen LogP) is 1.85. The van der Waals surface area contributed by atoms with Gasteiger partial charge in [-0.3, -0.25) is 14.0 Å². The van der Waals surface area contributed by atoms with Gasteiger partial charge >= 0.3 is 35.5 Å². The van der Waals surface area contributed by atoms with Crippen molar-refractivity contribution in [2.45, 2.75) is 52.7 Å². The fourth-order valence-electron chi connectivity index (χ4n) is 3.70. The molecule has 0 amide bonds. The Bertz CT molecular complexity index is 1140. The van der Waals surface area contributed by atoms with Crippen molar-refractivity contribution in [3.63, 3.8) is 0 Å². The van der Waals surface area contributed by atoms with Crippen LogP contribution in [0.25, 0.3) is 11.0 Å². The average molecular weight is 467 g/mol. The van der Waals surface area contributed by atoms with Gasteiger partial charge in [-0.1, -0.05) is 25.5 Å². The molecule has 0 saturated heterocycles. The molecule has 0 aliphatic carbocycles. The van der Waals surface area contributed by atoms with Crippen LogP contribution in [0.5, 0.6) is 5.75 Å². The average Bonchev–Trinajstić information content (AvgIpc) is 3.06. The van der Waals surface area contributed by atoms with Gasteiger partial charge < -0.3 is 14.6 Å². The topological polar surface area (TPSA) is 108 Å². The van der Waals surface area contributed by atoms with Crippen LogP contribution in [0.4, 0.5) is 0 Å². The molecule has 174 valence electrons. The molecule has 0 saturated carbocycles. The van der Waals surface area contributed by atoms with Crippen LogP contribution in [0.15, 0.2) is 29.1 Å². The predicted molar refractivity (Wildman–Crippen MR) is 127 cm³/mol. The molecule has 10 heteroatoms. The minimum atomic E-state index is -0.978. The first-order valence-electron chi connectivity index (χ1n) is 10.8. The van der Waals surface area contributed by atoms with E-state index in [1.807, 2.05) is 19.1 Å². The summed E-state index contributed by atoms with van der Waals surface area (Å²) in [5.41, 5.74) is 2.75. The van der Waals surface area contributed by atoms with Crippen molar-refractivity contribution in [1.29, 1.82) is 0 Å². The molecule has 3 rings (SSSR count). The summed E-state index contributed by atoms with van der Waals surface area (Å²) in [6.45, 7) is 6.65. The summed E-state index contributed by atoms with van der Waals surface area (Å²) in [4.78, 5) is 28.9. The summed E-state index contributed by atoms with van der Waals surface area (Å²) >= 11 is 0. The normalized spacial score (nSPS) is 11.9. The van der Waals surface area contributed by atoms with Crippen LogP contribution >= 0.6 is 0 Å². The number of ether oxygens (including phenoxy) is 2. The van der Waals surface area contributed by atoms with Gasteiger partial charge in [0.05, 0.1) is 12.2 Å². The Labute approximate surface area is 215 Å². The molecule has 0 bridgehead atoms. The van der Waals surface area contributed by atoms with E-state index in [0.29, 0.717) is 42.4 Å². The van der Waals surface area contributed by atoms with Gasteiger partial charge in [-0.2, -0.15) is 5.10 Å². The number of carbonyl (C=O) groups is 1. The number of fused-ring (bicyclic) bond motifs is 1. The van der Waals surface area contributed by atoms with Gasteiger partial charge in [-0.25, -0.2) is 9.78 Å². The summed E-state index contributed by atoms with van der Waals surface area (Å²) in [6.07, 6.45) is 1.14. The molecule has 0 aliphatic rings. The zero-order valence-corrected chi connectivity index (χ0v) is 19.0. The SMILES string of the molecule is CCCc1nn(C)c2c(=O)n(CCOc3ccc(CC(OCC)C(=O)O)cc3)c(C)nc12.[NaH].